The van der Waals surface area contributed by atoms with Crippen LogP contribution < -0.4 is 10.1 Å². The van der Waals surface area contributed by atoms with Gasteiger partial charge in [0.25, 0.3) is 0 Å². The van der Waals surface area contributed by atoms with Gasteiger partial charge in [0.2, 0.25) is 0 Å². The zero-order valence-electron chi connectivity index (χ0n) is 12.2. The molecule has 0 aliphatic rings. The predicted molar refractivity (Wildman–Crippen MR) is 83.1 cm³/mol. The van der Waals surface area contributed by atoms with Crippen LogP contribution in [-0.4, -0.2) is 35.0 Å². The highest BCUT2D eigenvalue weighted by Crippen LogP contribution is 2.23. The fourth-order valence-corrected chi connectivity index (χ4v) is 2.16. The van der Waals surface area contributed by atoms with E-state index < -0.39 is 0 Å². The third-order valence-electron chi connectivity index (χ3n) is 2.99. The van der Waals surface area contributed by atoms with E-state index in [0.29, 0.717) is 13.2 Å². The van der Waals surface area contributed by atoms with Gasteiger partial charge in [0.05, 0.1) is 6.61 Å². The van der Waals surface area contributed by atoms with Crippen molar-refractivity contribution in [2.45, 2.75) is 13.2 Å². The minimum Gasteiger partial charge on any atom is -0.486 e. The monoisotopic (exact) mass is 354 g/mol. The molecule has 0 aliphatic heterocycles. The van der Waals surface area contributed by atoms with Crippen molar-refractivity contribution in [3.8, 4) is 5.75 Å². The lowest BCUT2D eigenvalue weighted by molar-refractivity contribution is 0.199. The molecule has 21 heavy (non-hydrogen) atoms. The minimum atomic E-state index is 0.397. The maximum atomic E-state index is 5.76. The summed E-state index contributed by atoms with van der Waals surface area (Å²) in [6.45, 7) is 2.66. The molecule has 0 radical (unpaired) electrons. The molecule has 0 aliphatic carbocycles. The van der Waals surface area contributed by atoms with Crippen molar-refractivity contribution in [2.75, 3.05) is 20.3 Å². The molecule has 1 N–H and O–H groups in total. The molecular formula is C14H19BrN4O2. The number of halogens is 1. The van der Waals surface area contributed by atoms with Crippen LogP contribution in [0.25, 0.3) is 0 Å². The highest BCUT2D eigenvalue weighted by molar-refractivity contribution is 9.10. The van der Waals surface area contributed by atoms with Gasteiger partial charge in [-0.1, -0.05) is 15.9 Å². The number of methoxy groups -OCH3 is 1. The number of nitrogens with zero attached hydrogens (tertiary/aromatic N) is 3. The summed E-state index contributed by atoms with van der Waals surface area (Å²) in [5, 5.41) is 7.33. The molecule has 1 aromatic carbocycles. The van der Waals surface area contributed by atoms with Crippen LogP contribution in [0.1, 0.15) is 11.4 Å². The molecule has 114 valence electrons. The van der Waals surface area contributed by atoms with E-state index in [1.165, 1.54) is 6.33 Å². The number of hydrogen-bond acceptors (Lipinski definition) is 5. The van der Waals surface area contributed by atoms with Crippen molar-refractivity contribution in [3.05, 3.63) is 40.4 Å². The third-order valence-corrected chi connectivity index (χ3v) is 3.76. The molecule has 0 spiro atoms. The zero-order chi connectivity index (χ0) is 15.1. The maximum Gasteiger partial charge on any atom is 0.164 e. The molecule has 1 aromatic heterocycles. The van der Waals surface area contributed by atoms with E-state index in [1.54, 1.807) is 11.8 Å². The normalized spacial score (nSPS) is 10.8. The molecule has 0 unspecified atom stereocenters. The van der Waals surface area contributed by atoms with Crippen LogP contribution in [0.4, 0.5) is 0 Å². The second kappa shape index (κ2) is 8.11. The summed E-state index contributed by atoms with van der Waals surface area (Å²) >= 11 is 3.55. The van der Waals surface area contributed by atoms with Crippen molar-refractivity contribution in [2.24, 2.45) is 7.05 Å². The molecule has 0 atom stereocenters. The van der Waals surface area contributed by atoms with Crippen molar-refractivity contribution in [1.82, 2.24) is 20.1 Å². The standard InChI is InChI=1S/C14H19BrN4O2/c1-19-14(17-10-18-19)9-21-12-3-4-13(15)11(7-12)8-16-5-6-20-2/h3-4,7,10,16H,5-6,8-9H2,1-2H3. The molecule has 2 rings (SSSR count). The van der Waals surface area contributed by atoms with Gasteiger partial charge in [-0.25, -0.2) is 4.98 Å². The number of hydrogen-bond donors (Lipinski definition) is 1. The van der Waals surface area contributed by atoms with Gasteiger partial charge in [-0.15, -0.1) is 0 Å². The molecule has 1 heterocycles. The maximum absolute atomic E-state index is 5.76. The van der Waals surface area contributed by atoms with E-state index in [1.807, 2.05) is 25.2 Å². The van der Waals surface area contributed by atoms with Gasteiger partial charge in [-0.2, -0.15) is 5.10 Å². The van der Waals surface area contributed by atoms with Gasteiger partial charge in [0.1, 0.15) is 18.7 Å². The van der Waals surface area contributed by atoms with E-state index in [9.17, 15) is 0 Å². The van der Waals surface area contributed by atoms with Gasteiger partial charge in [-0.05, 0) is 23.8 Å². The molecule has 6 nitrogen and oxygen atoms in total. The second-order valence-electron chi connectivity index (χ2n) is 4.51. The second-order valence-corrected chi connectivity index (χ2v) is 5.37. The quantitative estimate of drug-likeness (QED) is 0.733. The Labute approximate surface area is 132 Å². The first kappa shape index (κ1) is 15.9. The Morgan fingerprint density at radius 3 is 2.95 bits per heavy atom. The Morgan fingerprint density at radius 1 is 1.38 bits per heavy atom. The van der Waals surface area contributed by atoms with Gasteiger partial charge >= 0.3 is 0 Å². The van der Waals surface area contributed by atoms with Crippen molar-refractivity contribution >= 4 is 15.9 Å². The summed E-state index contributed by atoms with van der Waals surface area (Å²) in [7, 11) is 3.54. The molecule has 0 saturated carbocycles. The Hall–Kier alpha value is -1.44. The lowest BCUT2D eigenvalue weighted by atomic mass is 10.2. The van der Waals surface area contributed by atoms with E-state index >= 15 is 0 Å². The van der Waals surface area contributed by atoms with Crippen LogP contribution in [0.2, 0.25) is 0 Å². The number of aryl methyl sites for hydroxylation is 1. The third kappa shape index (κ3) is 4.80. The average Bonchev–Trinajstić information content (AvgIpc) is 2.89. The summed E-state index contributed by atoms with van der Waals surface area (Å²) in [4.78, 5) is 4.13. The van der Waals surface area contributed by atoms with E-state index in [0.717, 1.165) is 34.7 Å². The molecule has 0 amide bonds. The summed E-state index contributed by atoms with van der Waals surface area (Å²) in [5.74, 6) is 1.60. The van der Waals surface area contributed by atoms with Gasteiger partial charge in [0.15, 0.2) is 5.82 Å². The SMILES string of the molecule is COCCNCc1cc(OCc2ncnn2C)ccc1Br. The minimum absolute atomic E-state index is 0.397. The Balaban J connectivity index is 1.93. The topological polar surface area (TPSA) is 61.2 Å². The van der Waals surface area contributed by atoms with Crippen LogP contribution in [0, 0.1) is 0 Å². The lowest BCUT2D eigenvalue weighted by Gasteiger charge is -2.10. The highest BCUT2D eigenvalue weighted by Gasteiger charge is 2.05. The van der Waals surface area contributed by atoms with Crippen LogP contribution in [0.15, 0.2) is 29.0 Å². The largest absolute Gasteiger partial charge is 0.486 e. The first-order valence-corrected chi connectivity index (χ1v) is 7.43. The van der Waals surface area contributed by atoms with Crippen molar-refractivity contribution in [1.29, 1.82) is 0 Å². The zero-order valence-corrected chi connectivity index (χ0v) is 13.8. The van der Waals surface area contributed by atoms with Crippen LogP contribution in [-0.2, 0) is 24.9 Å². The van der Waals surface area contributed by atoms with E-state index in [2.05, 4.69) is 31.3 Å². The van der Waals surface area contributed by atoms with Crippen molar-refractivity contribution in [3.63, 3.8) is 0 Å². The number of aromatic nitrogens is 3. The summed E-state index contributed by atoms with van der Waals surface area (Å²) < 4.78 is 13.5. The molecule has 0 fully saturated rings. The van der Waals surface area contributed by atoms with E-state index in [-0.39, 0.29) is 0 Å². The van der Waals surface area contributed by atoms with Gasteiger partial charge < -0.3 is 14.8 Å². The molecule has 2 aromatic rings. The Bertz CT molecular complexity index is 574. The van der Waals surface area contributed by atoms with Crippen molar-refractivity contribution < 1.29 is 9.47 Å². The number of rotatable bonds is 8. The smallest absolute Gasteiger partial charge is 0.164 e. The van der Waals surface area contributed by atoms with Gasteiger partial charge in [0, 0.05) is 31.7 Å². The Kier molecular flexibility index (Phi) is 6.16. The average molecular weight is 355 g/mol. The number of nitrogens with one attached hydrogen (secondary N) is 1. The predicted octanol–water partition coefficient (Wildman–Crippen LogP) is 1.89. The van der Waals surface area contributed by atoms with E-state index in [4.69, 9.17) is 9.47 Å². The molecule has 0 saturated heterocycles. The highest BCUT2D eigenvalue weighted by atomic mass is 79.9. The summed E-state index contributed by atoms with van der Waals surface area (Å²) in [6, 6.07) is 5.93. The fourth-order valence-electron chi connectivity index (χ4n) is 1.77. The number of ether oxygens (including phenoxy) is 2. The number of benzene rings is 1. The van der Waals surface area contributed by atoms with Gasteiger partial charge in [-0.3, -0.25) is 4.68 Å². The summed E-state index contributed by atoms with van der Waals surface area (Å²) in [5.41, 5.74) is 1.14. The molecule has 7 heteroatoms. The van der Waals surface area contributed by atoms with Crippen LogP contribution in [0.5, 0.6) is 5.75 Å². The van der Waals surface area contributed by atoms with Crippen LogP contribution in [0.3, 0.4) is 0 Å². The Morgan fingerprint density at radius 2 is 2.24 bits per heavy atom. The first-order valence-electron chi connectivity index (χ1n) is 6.64. The first-order chi connectivity index (χ1) is 10.2. The molecular weight excluding hydrogens is 336 g/mol. The molecule has 0 bridgehead atoms. The fraction of sp³-hybridized carbons (Fsp3) is 0.429. The summed E-state index contributed by atoms with van der Waals surface area (Å²) in [6.07, 6.45) is 1.52. The van der Waals surface area contributed by atoms with Crippen LogP contribution >= 0.6 is 15.9 Å². The lowest BCUT2D eigenvalue weighted by Crippen LogP contribution is -2.18.